The summed E-state index contributed by atoms with van der Waals surface area (Å²) in [7, 11) is 2.16. The monoisotopic (exact) mass is 445 g/mol. The Morgan fingerprint density at radius 1 is 0.909 bits per heavy atom. The molecular weight excluding hydrogens is 420 g/mol. The maximum Gasteiger partial charge on any atom is 0.222 e. The van der Waals surface area contributed by atoms with Crippen LogP contribution in [-0.4, -0.2) is 0 Å². The summed E-state index contributed by atoms with van der Waals surface area (Å²) >= 11 is 1.88. The second-order valence-electron chi connectivity index (χ2n) is 9.82. The summed E-state index contributed by atoms with van der Waals surface area (Å²) in [5.74, 6) is 0. The van der Waals surface area contributed by atoms with Crippen LogP contribution in [0.1, 0.15) is 25.0 Å². The van der Waals surface area contributed by atoms with Crippen molar-refractivity contribution in [1.82, 2.24) is 0 Å². The van der Waals surface area contributed by atoms with Crippen LogP contribution in [-0.2, 0) is 13.5 Å². The van der Waals surface area contributed by atoms with Crippen molar-refractivity contribution < 1.29 is 4.57 Å². The molecule has 2 nitrogen and oxygen atoms in total. The van der Waals surface area contributed by atoms with E-state index in [9.17, 15) is 5.26 Å². The first-order chi connectivity index (χ1) is 15.9. The van der Waals surface area contributed by atoms with Gasteiger partial charge in [-0.2, -0.15) is 5.26 Å². The molecule has 1 aliphatic heterocycles. The molecule has 0 fully saturated rings. The summed E-state index contributed by atoms with van der Waals surface area (Å²) in [5.41, 5.74) is 4.83. The van der Waals surface area contributed by atoms with Gasteiger partial charge < -0.3 is 0 Å². The molecule has 6 rings (SSSR count). The fraction of sp³-hybridized carbons (Fsp3) is 0.200. The van der Waals surface area contributed by atoms with Crippen LogP contribution in [0.15, 0.2) is 76.7 Å². The lowest BCUT2D eigenvalue weighted by Crippen LogP contribution is -2.31. The topological polar surface area (TPSA) is 27.7 Å². The summed E-state index contributed by atoms with van der Waals surface area (Å²) < 4.78 is 2.28. The molecule has 2 heterocycles. The highest BCUT2D eigenvalue weighted by atomic mass is 32.2. The summed E-state index contributed by atoms with van der Waals surface area (Å²) in [4.78, 5) is 2.61. The average molecular weight is 446 g/mol. The number of hydrogen-bond donors (Lipinski definition) is 0. The lowest BCUT2D eigenvalue weighted by atomic mass is 9.84. The molecule has 0 aliphatic carbocycles. The third-order valence-electron chi connectivity index (χ3n) is 7.00. The Morgan fingerprint density at radius 2 is 1.70 bits per heavy atom. The molecule has 4 aromatic carbocycles. The van der Waals surface area contributed by atoms with E-state index in [1.165, 1.54) is 64.5 Å². The minimum Gasteiger partial charge on any atom is -0.200 e. The molecule has 0 amide bonds. The normalized spacial score (nSPS) is 12.8. The number of fused-ring (bicyclic) bond motifs is 5. The maximum absolute atomic E-state index is 9.64. The Morgan fingerprint density at radius 3 is 2.52 bits per heavy atom. The van der Waals surface area contributed by atoms with E-state index in [0.29, 0.717) is 0 Å². The van der Waals surface area contributed by atoms with Gasteiger partial charge in [0.2, 0.25) is 5.69 Å². The molecule has 1 aliphatic rings. The van der Waals surface area contributed by atoms with Gasteiger partial charge in [0.15, 0.2) is 6.20 Å². The third kappa shape index (κ3) is 2.98. The zero-order valence-electron chi connectivity index (χ0n) is 19.4. The molecule has 3 heteroatoms. The van der Waals surface area contributed by atoms with Gasteiger partial charge in [0.05, 0.1) is 22.4 Å². The van der Waals surface area contributed by atoms with Gasteiger partial charge >= 0.3 is 0 Å². The van der Waals surface area contributed by atoms with Crippen LogP contribution in [0.5, 0.6) is 0 Å². The van der Waals surface area contributed by atoms with Gasteiger partial charge in [-0.05, 0) is 72.0 Å². The van der Waals surface area contributed by atoms with Crippen molar-refractivity contribution in [1.29, 1.82) is 5.26 Å². The Balaban J connectivity index is 1.73. The van der Waals surface area contributed by atoms with Crippen molar-refractivity contribution in [3.05, 3.63) is 78.0 Å². The van der Waals surface area contributed by atoms with E-state index in [0.717, 1.165) is 6.42 Å². The number of aromatic nitrogens is 1. The number of hydrogen-bond acceptors (Lipinski definition) is 2. The quantitative estimate of drug-likeness (QED) is 0.204. The van der Waals surface area contributed by atoms with E-state index in [1.54, 1.807) is 0 Å². The van der Waals surface area contributed by atoms with Gasteiger partial charge in [-0.1, -0.05) is 54.2 Å². The highest BCUT2D eigenvalue weighted by Crippen LogP contribution is 2.51. The van der Waals surface area contributed by atoms with Crippen molar-refractivity contribution in [2.24, 2.45) is 12.5 Å². The lowest BCUT2D eigenvalue weighted by Gasteiger charge is -2.23. The Hall–Kier alpha value is -3.35. The van der Waals surface area contributed by atoms with Crippen LogP contribution in [0.2, 0.25) is 0 Å². The van der Waals surface area contributed by atoms with Crippen molar-refractivity contribution >= 4 is 44.1 Å². The fourth-order valence-electron chi connectivity index (χ4n) is 5.39. The number of pyridine rings is 1. The Bertz CT molecular complexity index is 1670. The van der Waals surface area contributed by atoms with E-state index in [4.69, 9.17) is 0 Å². The average Bonchev–Trinajstić information content (AvgIpc) is 2.81. The summed E-state index contributed by atoms with van der Waals surface area (Å²) in [6.45, 7) is 6.30. The molecule has 0 spiro atoms. The van der Waals surface area contributed by atoms with Crippen LogP contribution < -0.4 is 4.57 Å². The largest absolute Gasteiger partial charge is 0.222 e. The molecule has 1 aromatic heterocycles. The molecule has 33 heavy (non-hydrogen) atoms. The first-order valence-electron chi connectivity index (χ1n) is 11.4. The second-order valence-corrected chi connectivity index (χ2v) is 10.9. The molecule has 0 radical (unpaired) electrons. The van der Waals surface area contributed by atoms with E-state index in [1.807, 2.05) is 25.6 Å². The number of aryl methyl sites for hydroxylation is 2. The molecule has 0 saturated heterocycles. The smallest absolute Gasteiger partial charge is 0.200 e. The predicted molar refractivity (Wildman–Crippen MR) is 138 cm³/mol. The lowest BCUT2D eigenvalue weighted by molar-refractivity contribution is -0.659. The number of benzene rings is 4. The minimum absolute atomic E-state index is 0.398. The molecule has 0 bridgehead atoms. The second kappa shape index (κ2) is 7.07. The van der Waals surface area contributed by atoms with Gasteiger partial charge in [0, 0.05) is 21.2 Å². The zero-order chi connectivity index (χ0) is 22.9. The summed E-state index contributed by atoms with van der Waals surface area (Å²) in [6.07, 6.45) is 2.94. The molecule has 0 unspecified atom stereocenters. The van der Waals surface area contributed by atoms with E-state index >= 15 is 0 Å². The van der Waals surface area contributed by atoms with Crippen molar-refractivity contribution in [2.75, 3.05) is 0 Å². The van der Waals surface area contributed by atoms with Gasteiger partial charge in [0.25, 0.3) is 0 Å². The minimum atomic E-state index is -0.398. The van der Waals surface area contributed by atoms with Crippen LogP contribution >= 0.6 is 11.8 Å². The van der Waals surface area contributed by atoms with Crippen LogP contribution in [0, 0.1) is 23.7 Å². The third-order valence-corrected chi connectivity index (χ3v) is 8.08. The predicted octanol–water partition coefficient (Wildman–Crippen LogP) is 7.50. The molecule has 0 N–H and O–H groups in total. The van der Waals surface area contributed by atoms with Crippen molar-refractivity contribution in [3.8, 4) is 17.3 Å². The molecule has 160 valence electrons. The zero-order valence-corrected chi connectivity index (χ0v) is 20.2. The van der Waals surface area contributed by atoms with Crippen LogP contribution in [0.4, 0.5) is 0 Å². The number of rotatable bonds is 2. The number of nitrogens with zero attached hydrogens (tertiary/aromatic N) is 2. The maximum atomic E-state index is 9.64. The van der Waals surface area contributed by atoms with Crippen LogP contribution in [0.3, 0.4) is 0 Å². The Labute approximate surface area is 198 Å². The molecule has 5 aromatic rings. The van der Waals surface area contributed by atoms with Crippen molar-refractivity contribution in [3.63, 3.8) is 0 Å². The first-order valence-corrected chi connectivity index (χ1v) is 12.2. The van der Waals surface area contributed by atoms with Crippen LogP contribution in [0.25, 0.3) is 43.6 Å². The first kappa shape index (κ1) is 20.3. The highest BCUT2D eigenvalue weighted by Gasteiger charge is 2.30. The van der Waals surface area contributed by atoms with Gasteiger partial charge in [-0.25, -0.2) is 4.57 Å². The van der Waals surface area contributed by atoms with E-state index in [-0.39, 0.29) is 0 Å². The summed E-state index contributed by atoms with van der Waals surface area (Å²) in [6, 6.07) is 24.7. The molecule has 0 atom stereocenters. The van der Waals surface area contributed by atoms with E-state index in [2.05, 4.69) is 91.5 Å². The highest BCUT2D eigenvalue weighted by molar-refractivity contribution is 7.99. The van der Waals surface area contributed by atoms with E-state index < -0.39 is 5.41 Å². The Kier molecular flexibility index (Phi) is 4.34. The standard InChI is InChI=1S/C30H25N2S/c1-18-21-10-6-5-8-19(21)14-25-27(18)29-28-23(12-13-32(29)4)22-11-7-9-20(16-30(2,3)17-31)24(22)15-26(28)33-25/h5-15H,16H2,1-4H3/q+1. The molecule has 0 saturated carbocycles. The summed E-state index contributed by atoms with van der Waals surface area (Å²) in [5, 5.41) is 17.4. The van der Waals surface area contributed by atoms with Gasteiger partial charge in [-0.3, -0.25) is 0 Å². The fourth-order valence-corrected chi connectivity index (χ4v) is 6.65. The molecular formula is C30H25N2S+. The van der Waals surface area contributed by atoms with Gasteiger partial charge in [0.1, 0.15) is 7.05 Å². The van der Waals surface area contributed by atoms with Crippen molar-refractivity contribution in [2.45, 2.75) is 37.0 Å². The van der Waals surface area contributed by atoms with Gasteiger partial charge in [-0.15, -0.1) is 0 Å². The SMILES string of the molecule is Cc1c2c(cc3ccccc13)Sc1cc3c(CC(C)(C)C#N)cccc3c3cc[n+](C)c-2c13. The number of nitriles is 1.